The van der Waals surface area contributed by atoms with Crippen LogP contribution in [0, 0.1) is 17.7 Å². The van der Waals surface area contributed by atoms with Crippen LogP contribution in [-0.4, -0.2) is 25.2 Å². The molecule has 1 heterocycles. The molecular weight excluding hydrogens is 433 g/mol. The van der Waals surface area contributed by atoms with E-state index in [1.807, 2.05) is 0 Å². The Bertz CT molecular complexity index is 926. The van der Waals surface area contributed by atoms with Gasteiger partial charge in [-0.1, -0.05) is 30.5 Å². The standard InChI is InChI=1S/C25H29ClFNO4/c1-3-31-24(29)20-19(17-12-11-16(27)13-18(17)26)21(25(30)32-4-2)23(15-9-6-10-15)28-22(20)14-7-5-8-14/h11-15,19,28H,3-10H2,1-2H3. The normalized spacial score (nSPS) is 19.9. The van der Waals surface area contributed by atoms with Crippen molar-refractivity contribution < 1.29 is 23.5 Å². The third-order valence-electron chi connectivity index (χ3n) is 6.72. The summed E-state index contributed by atoms with van der Waals surface area (Å²) in [5.74, 6) is -1.84. The van der Waals surface area contributed by atoms with Crippen molar-refractivity contribution in [1.82, 2.24) is 5.32 Å². The van der Waals surface area contributed by atoms with Crippen LogP contribution in [0.5, 0.6) is 0 Å². The lowest BCUT2D eigenvalue weighted by Crippen LogP contribution is -2.41. The van der Waals surface area contributed by atoms with Gasteiger partial charge in [-0.25, -0.2) is 14.0 Å². The number of carbonyl (C=O) groups excluding carboxylic acids is 2. The third-order valence-corrected chi connectivity index (χ3v) is 7.05. The Labute approximate surface area is 193 Å². The number of ether oxygens (including phenoxy) is 2. The molecular formula is C25H29ClFNO4. The molecule has 0 radical (unpaired) electrons. The highest BCUT2D eigenvalue weighted by Gasteiger charge is 2.45. The lowest BCUT2D eigenvalue weighted by molar-refractivity contribution is -0.139. The highest BCUT2D eigenvalue weighted by atomic mass is 35.5. The molecule has 3 aliphatic rings. The highest BCUT2D eigenvalue weighted by molar-refractivity contribution is 6.31. The van der Waals surface area contributed by atoms with Crippen LogP contribution < -0.4 is 5.32 Å². The van der Waals surface area contributed by atoms with Crippen molar-refractivity contribution >= 4 is 23.5 Å². The molecule has 2 aliphatic carbocycles. The van der Waals surface area contributed by atoms with E-state index in [1.165, 1.54) is 12.1 Å². The van der Waals surface area contributed by atoms with Gasteiger partial charge in [0.25, 0.3) is 0 Å². The van der Waals surface area contributed by atoms with Crippen LogP contribution in [0.25, 0.3) is 0 Å². The zero-order valence-corrected chi connectivity index (χ0v) is 19.3. The Morgan fingerprint density at radius 1 is 0.969 bits per heavy atom. The summed E-state index contributed by atoms with van der Waals surface area (Å²) < 4.78 is 24.8. The summed E-state index contributed by atoms with van der Waals surface area (Å²) in [4.78, 5) is 26.6. The summed E-state index contributed by atoms with van der Waals surface area (Å²) in [6.45, 7) is 3.91. The van der Waals surface area contributed by atoms with Gasteiger partial charge in [0.1, 0.15) is 5.82 Å². The SMILES string of the molecule is CCOC(=O)C1=C(C2CCC2)NC(C2CCC2)=C(C(=O)OCC)C1c1ccc(F)cc1Cl. The molecule has 0 bridgehead atoms. The predicted molar refractivity (Wildman–Crippen MR) is 119 cm³/mol. The van der Waals surface area contributed by atoms with Crippen molar-refractivity contribution in [1.29, 1.82) is 0 Å². The van der Waals surface area contributed by atoms with Gasteiger partial charge in [0.2, 0.25) is 0 Å². The molecule has 0 spiro atoms. The third kappa shape index (κ3) is 4.17. The van der Waals surface area contributed by atoms with Gasteiger partial charge >= 0.3 is 11.9 Å². The summed E-state index contributed by atoms with van der Waals surface area (Å²) in [6, 6.07) is 4.08. The molecule has 172 valence electrons. The fourth-order valence-electron chi connectivity index (χ4n) is 4.69. The minimum absolute atomic E-state index is 0.168. The average molecular weight is 462 g/mol. The van der Waals surface area contributed by atoms with E-state index in [9.17, 15) is 14.0 Å². The molecule has 2 saturated carbocycles. The van der Waals surface area contributed by atoms with Crippen molar-refractivity contribution in [2.24, 2.45) is 11.8 Å². The maximum atomic E-state index is 13.9. The van der Waals surface area contributed by atoms with E-state index in [0.29, 0.717) is 16.7 Å². The van der Waals surface area contributed by atoms with Crippen LogP contribution in [0.15, 0.2) is 40.7 Å². The Kier molecular flexibility index (Phi) is 6.89. The topological polar surface area (TPSA) is 64.6 Å². The van der Waals surface area contributed by atoms with Crippen LogP contribution >= 0.6 is 11.6 Å². The maximum absolute atomic E-state index is 13.9. The Balaban J connectivity index is 1.95. The Hall–Kier alpha value is -2.34. The van der Waals surface area contributed by atoms with Gasteiger partial charge in [0.05, 0.1) is 30.3 Å². The van der Waals surface area contributed by atoms with Crippen molar-refractivity contribution in [2.45, 2.75) is 58.3 Å². The van der Waals surface area contributed by atoms with Gasteiger partial charge in [-0.15, -0.1) is 0 Å². The molecule has 1 aromatic rings. The summed E-state index contributed by atoms with van der Waals surface area (Å²) in [6.07, 6.45) is 6.01. The molecule has 7 heteroatoms. The van der Waals surface area contributed by atoms with Gasteiger partial charge in [-0.2, -0.15) is 0 Å². The number of carbonyl (C=O) groups is 2. The monoisotopic (exact) mass is 461 g/mol. The van der Waals surface area contributed by atoms with Crippen molar-refractivity contribution in [3.8, 4) is 0 Å². The number of rotatable bonds is 7. The smallest absolute Gasteiger partial charge is 0.336 e. The van der Waals surface area contributed by atoms with Gasteiger partial charge in [0, 0.05) is 16.4 Å². The zero-order chi connectivity index (χ0) is 22.8. The minimum atomic E-state index is -0.770. The number of benzene rings is 1. The highest BCUT2D eigenvalue weighted by Crippen LogP contribution is 2.49. The molecule has 32 heavy (non-hydrogen) atoms. The minimum Gasteiger partial charge on any atom is -0.463 e. The van der Waals surface area contributed by atoms with Crippen molar-refractivity contribution in [3.63, 3.8) is 0 Å². The number of hydrogen-bond acceptors (Lipinski definition) is 5. The first-order valence-electron chi connectivity index (χ1n) is 11.5. The first-order chi connectivity index (χ1) is 15.5. The van der Waals surface area contributed by atoms with Crippen LogP contribution in [0.2, 0.25) is 5.02 Å². The van der Waals surface area contributed by atoms with Crippen LogP contribution in [0.1, 0.15) is 63.9 Å². The molecule has 1 aliphatic heterocycles. The quantitative estimate of drug-likeness (QED) is 0.551. The lowest BCUT2D eigenvalue weighted by Gasteiger charge is -2.42. The molecule has 1 aromatic carbocycles. The van der Waals surface area contributed by atoms with Gasteiger partial charge in [-0.3, -0.25) is 0 Å². The van der Waals surface area contributed by atoms with Gasteiger partial charge in [-0.05, 0) is 69.1 Å². The summed E-state index contributed by atoms with van der Waals surface area (Å²) in [5.41, 5.74) is 2.91. The number of nitrogens with one attached hydrogen (secondary N) is 1. The molecule has 0 unspecified atom stereocenters. The fourth-order valence-corrected chi connectivity index (χ4v) is 4.97. The second-order valence-electron chi connectivity index (χ2n) is 8.58. The molecule has 0 atom stereocenters. The molecule has 0 saturated heterocycles. The average Bonchev–Trinajstić information content (AvgIpc) is 2.65. The second kappa shape index (κ2) is 9.65. The molecule has 0 aromatic heterocycles. The van der Waals surface area contributed by atoms with Crippen molar-refractivity contribution in [2.75, 3.05) is 13.2 Å². The molecule has 1 N–H and O–H groups in total. The Morgan fingerprint density at radius 3 is 1.84 bits per heavy atom. The number of hydrogen-bond donors (Lipinski definition) is 1. The molecule has 5 nitrogen and oxygen atoms in total. The first-order valence-corrected chi connectivity index (χ1v) is 11.9. The first kappa shape index (κ1) is 22.8. The summed E-state index contributed by atoms with van der Waals surface area (Å²) >= 11 is 6.50. The summed E-state index contributed by atoms with van der Waals surface area (Å²) in [7, 11) is 0. The number of dihydropyridines is 1. The van der Waals surface area contributed by atoms with E-state index in [-0.39, 0.29) is 30.1 Å². The van der Waals surface area contributed by atoms with E-state index in [1.54, 1.807) is 19.9 Å². The predicted octanol–water partition coefficient (Wildman–Crippen LogP) is 5.40. The molecule has 2 fully saturated rings. The van der Waals surface area contributed by atoms with Crippen LogP contribution in [0.3, 0.4) is 0 Å². The Morgan fingerprint density at radius 2 is 1.47 bits per heavy atom. The maximum Gasteiger partial charge on any atom is 0.336 e. The largest absolute Gasteiger partial charge is 0.463 e. The number of esters is 2. The van der Waals surface area contributed by atoms with E-state index in [2.05, 4.69) is 5.32 Å². The van der Waals surface area contributed by atoms with E-state index in [0.717, 1.165) is 49.9 Å². The van der Waals surface area contributed by atoms with E-state index < -0.39 is 23.7 Å². The van der Waals surface area contributed by atoms with Crippen molar-refractivity contribution in [3.05, 3.63) is 57.1 Å². The second-order valence-corrected chi connectivity index (χ2v) is 8.98. The van der Waals surface area contributed by atoms with Gasteiger partial charge in [0.15, 0.2) is 0 Å². The number of halogens is 2. The van der Waals surface area contributed by atoms with E-state index >= 15 is 0 Å². The number of allylic oxidation sites excluding steroid dienone is 2. The van der Waals surface area contributed by atoms with E-state index in [4.69, 9.17) is 21.1 Å². The fraction of sp³-hybridized carbons (Fsp3) is 0.520. The van der Waals surface area contributed by atoms with Crippen LogP contribution in [-0.2, 0) is 19.1 Å². The zero-order valence-electron chi connectivity index (χ0n) is 18.5. The summed E-state index contributed by atoms with van der Waals surface area (Å²) in [5, 5.41) is 3.68. The molecule has 0 amide bonds. The van der Waals surface area contributed by atoms with Gasteiger partial charge < -0.3 is 14.8 Å². The lowest BCUT2D eigenvalue weighted by atomic mass is 9.70. The molecule has 4 rings (SSSR count). The van der Waals surface area contributed by atoms with Crippen LogP contribution in [0.4, 0.5) is 4.39 Å².